The molecule has 1 atom stereocenters. The second kappa shape index (κ2) is 10.3. The summed E-state index contributed by atoms with van der Waals surface area (Å²) in [6.45, 7) is 1.70. The highest BCUT2D eigenvalue weighted by atomic mass is 16.6. The fourth-order valence-electron chi connectivity index (χ4n) is 3.25. The monoisotopic (exact) mass is 419 g/mol. The number of nitrogens with zero attached hydrogens (tertiary/aromatic N) is 1. The number of benzene rings is 3. The van der Waals surface area contributed by atoms with Crippen molar-refractivity contribution in [1.29, 1.82) is 0 Å². The quantitative estimate of drug-likeness (QED) is 0.501. The summed E-state index contributed by atoms with van der Waals surface area (Å²) in [5, 5.41) is 0. The molecular weight excluding hydrogens is 394 g/mol. The molecular formula is C25H25NO5. The zero-order valence-corrected chi connectivity index (χ0v) is 17.8. The molecule has 31 heavy (non-hydrogen) atoms. The van der Waals surface area contributed by atoms with E-state index in [1.54, 1.807) is 26.2 Å². The lowest BCUT2D eigenvalue weighted by molar-refractivity contribution is -0.141. The molecule has 0 radical (unpaired) electrons. The molecule has 0 bridgehead atoms. The zero-order chi connectivity index (χ0) is 22.2. The molecule has 0 N–H and O–H groups in total. The first-order valence-corrected chi connectivity index (χ1v) is 9.86. The smallest absolute Gasteiger partial charge is 0.415 e. The number of esters is 1. The van der Waals surface area contributed by atoms with Crippen LogP contribution in [0.25, 0.3) is 11.1 Å². The predicted octanol–water partition coefficient (Wildman–Crippen LogP) is 5.07. The van der Waals surface area contributed by atoms with Gasteiger partial charge >= 0.3 is 12.1 Å². The van der Waals surface area contributed by atoms with Gasteiger partial charge in [-0.2, -0.15) is 0 Å². The molecule has 6 nitrogen and oxygen atoms in total. The minimum atomic E-state index is -0.889. The summed E-state index contributed by atoms with van der Waals surface area (Å²) < 4.78 is 15.8. The molecule has 0 aliphatic carbocycles. The summed E-state index contributed by atoms with van der Waals surface area (Å²) in [6.07, 6.45) is -0.642. The van der Waals surface area contributed by atoms with Crippen LogP contribution in [0, 0.1) is 0 Å². The van der Waals surface area contributed by atoms with E-state index in [2.05, 4.69) is 0 Å². The van der Waals surface area contributed by atoms with Crippen LogP contribution in [0.4, 0.5) is 10.5 Å². The normalized spacial score (nSPS) is 11.3. The number of ether oxygens (including phenoxy) is 3. The van der Waals surface area contributed by atoms with Gasteiger partial charge in [-0.25, -0.2) is 9.59 Å². The van der Waals surface area contributed by atoms with Crippen molar-refractivity contribution in [3.8, 4) is 16.9 Å². The molecule has 0 fully saturated rings. The van der Waals surface area contributed by atoms with Crippen molar-refractivity contribution in [2.45, 2.75) is 19.6 Å². The molecule has 6 heteroatoms. The number of hydrogen-bond acceptors (Lipinski definition) is 5. The van der Waals surface area contributed by atoms with Gasteiger partial charge in [0.15, 0.2) is 0 Å². The number of para-hydroxylation sites is 1. The summed E-state index contributed by atoms with van der Waals surface area (Å²) in [4.78, 5) is 26.8. The Hall–Kier alpha value is -3.80. The van der Waals surface area contributed by atoms with E-state index in [1.165, 1.54) is 12.0 Å². The van der Waals surface area contributed by atoms with Crippen LogP contribution in [0.1, 0.15) is 12.5 Å². The van der Waals surface area contributed by atoms with E-state index in [9.17, 15) is 9.59 Å². The van der Waals surface area contributed by atoms with E-state index >= 15 is 0 Å². The van der Waals surface area contributed by atoms with Crippen molar-refractivity contribution in [2.24, 2.45) is 0 Å². The molecule has 3 rings (SSSR count). The van der Waals surface area contributed by atoms with Gasteiger partial charge in [-0.3, -0.25) is 4.90 Å². The Morgan fingerprint density at radius 2 is 1.61 bits per heavy atom. The first kappa shape index (κ1) is 21.9. The van der Waals surface area contributed by atoms with Crippen molar-refractivity contribution in [3.05, 3.63) is 84.4 Å². The molecule has 0 aromatic heterocycles. The Bertz CT molecular complexity index is 1030. The maximum atomic E-state index is 13.2. The third-order valence-corrected chi connectivity index (χ3v) is 4.88. The third kappa shape index (κ3) is 5.22. The zero-order valence-electron chi connectivity index (χ0n) is 17.8. The fraction of sp³-hybridized carbons (Fsp3) is 0.200. The highest BCUT2D eigenvalue weighted by molar-refractivity contribution is 5.99. The Morgan fingerprint density at radius 1 is 0.903 bits per heavy atom. The van der Waals surface area contributed by atoms with Gasteiger partial charge in [0.2, 0.25) is 0 Å². The molecule has 0 saturated heterocycles. The number of hydrogen-bond donors (Lipinski definition) is 0. The molecule has 1 amide bonds. The minimum absolute atomic E-state index is 0.0887. The first-order valence-electron chi connectivity index (χ1n) is 9.86. The highest BCUT2D eigenvalue weighted by Gasteiger charge is 2.31. The van der Waals surface area contributed by atoms with Crippen LogP contribution in [0.15, 0.2) is 78.9 Å². The first-order chi connectivity index (χ1) is 15.0. The van der Waals surface area contributed by atoms with Crippen LogP contribution in [0.5, 0.6) is 5.75 Å². The summed E-state index contributed by atoms with van der Waals surface area (Å²) in [6, 6.07) is 23.3. The Labute approximate surface area is 182 Å². The van der Waals surface area contributed by atoms with E-state index in [4.69, 9.17) is 14.2 Å². The van der Waals surface area contributed by atoms with E-state index in [0.717, 1.165) is 16.7 Å². The maximum absolute atomic E-state index is 13.2. The number of carbonyl (C=O) groups excluding carboxylic acids is 2. The van der Waals surface area contributed by atoms with Crippen molar-refractivity contribution in [2.75, 3.05) is 19.1 Å². The molecule has 0 saturated carbocycles. The largest absolute Gasteiger partial charge is 0.497 e. The van der Waals surface area contributed by atoms with Crippen molar-refractivity contribution >= 4 is 17.7 Å². The van der Waals surface area contributed by atoms with Crippen molar-refractivity contribution in [3.63, 3.8) is 0 Å². The van der Waals surface area contributed by atoms with E-state index < -0.39 is 18.1 Å². The lowest BCUT2D eigenvalue weighted by Crippen LogP contribution is -2.44. The summed E-state index contributed by atoms with van der Waals surface area (Å²) in [5.74, 6) is 0.142. The van der Waals surface area contributed by atoms with Gasteiger partial charge in [0.25, 0.3) is 0 Å². The minimum Gasteiger partial charge on any atom is -0.497 e. The molecule has 0 spiro atoms. The summed E-state index contributed by atoms with van der Waals surface area (Å²) in [7, 11) is 2.89. The van der Waals surface area contributed by atoms with E-state index in [-0.39, 0.29) is 6.61 Å². The van der Waals surface area contributed by atoms with Gasteiger partial charge in [-0.05, 0) is 36.2 Å². The third-order valence-electron chi connectivity index (χ3n) is 4.88. The molecule has 0 heterocycles. The van der Waals surface area contributed by atoms with Gasteiger partial charge in [0.05, 0.1) is 19.9 Å². The molecule has 0 aliphatic rings. The Morgan fingerprint density at radius 3 is 2.32 bits per heavy atom. The second-order valence-electron chi connectivity index (χ2n) is 6.86. The Balaban J connectivity index is 1.99. The van der Waals surface area contributed by atoms with Crippen LogP contribution in [0.2, 0.25) is 0 Å². The molecule has 160 valence electrons. The lowest BCUT2D eigenvalue weighted by atomic mass is 10.0. The number of amides is 1. The van der Waals surface area contributed by atoms with Gasteiger partial charge in [-0.1, -0.05) is 60.7 Å². The van der Waals surface area contributed by atoms with Crippen LogP contribution in [-0.4, -0.2) is 32.3 Å². The molecule has 3 aromatic rings. The lowest BCUT2D eigenvalue weighted by Gasteiger charge is -2.28. The summed E-state index contributed by atoms with van der Waals surface area (Å²) in [5.41, 5.74) is 2.98. The number of methoxy groups -OCH3 is 2. The predicted molar refractivity (Wildman–Crippen MR) is 119 cm³/mol. The van der Waals surface area contributed by atoms with Crippen LogP contribution in [-0.2, 0) is 20.9 Å². The van der Waals surface area contributed by atoms with E-state index in [0.29, 0.717) is 11.4 Å². The standard InChI is InChI=1S/C25H25NO5/c1-18(24(27)30-3)26(25(28)31-17-19-10-5-4-6-11-19)23-15-8-7-14-22(23)20-12-9-13-21(16-20)29-2/h4-16,18H,17H2,1-3H3/t18-/m0/s1. The second-order valence-corrected chi connectivity index (χ2v) is 6.86. The average Bonchev–Trinajstić information content (AvgIpc) is 2.83. The number of carbonyl (C=O) groups is 2. The number of anilines is 1. The molecule has 0 unspecified atom stereocenters. The molecule has 3 aromatic carbocycles. The van der Waals surface area contributed by atoms with Crippen molar-refractivity contribution < 1.29 is 23.8 Å². The number of rotatable bonds is 7. The average molecular weight is 419 g/mol. The van der Waals surface area contributed by atoms with Crippen LogP contribution >= 0.6 is 0 Å². The maximum Gasteiger partial charge on any atom is 0.415 e. The van der Waals surface area contributed by atoms with Gasteiger partial charge in [0, 0.05) is 5.56 Å². The topological polar surface area (TPSA) is 65.1 Å². The van der Waals surface area contributed by atoms with Gasteiger partial charge in [0.1, 0.15) is 18.4 Å². The van der Waals surface area contributed by atoms with Crippen LogP contribution in [0.3, 0.4) is 0 Å². The van der Waals surface area contributed by atoms with Gasteiger partial charge in [-0.15, -0.1) is 0 Å². The van der Waals surface area contributed by atoms with Crippen molar-refractivity contribution in [1.82, 2.24) is 0 Å². The van der Waals surface area contributed by atoms with Gasteiger partial charge < -0.3 is 14.2 Å². The van der Waals surface area contributed by atoms with E-state index in [1.807, 2.05) is 66.7 Å². The Kier molecular flexibility index (Phi) is 7.27. The van der Waals surface area contributed by atoms with Crippen LogP contribution < -0.4 is 9.64 Å². The molecule has 0 aliphatic heterocycles. The summed E-state index contributed by atoms with van der Waals surface area (Å²) >= 11 is 0. The SMILES string of the molecule is COC(=O)[C@H](C)N(C(=O)OCc1ccccc1)c1ccccc1-c1cccc(OC)c1. The highest BCUT2D eigenvalue weighted by Crippen LogP contribution is 2.34. The fourth-order valence-corrected chi connectivity index (χ4v) is 3.25.